The number of halogens is 1. The van der Waals surface area contributed by atoms with Crippen LogP contribution in [-0.4, -0.2) is 16.8 Å². The molecule has 0 radical (unpaired) electrons. The van der Waals surface area contributed by atoms with Gasteiger partial charge in [-0.15, -0.1) is 0 Å². The number of carbonyl (C=O) groups excluding carboxylic acids is 2. The standard InChI is InChI=1S/C17H14ClNO3/c1-10-5-4-7-12-15(10)19-16(21)17(12,22)9-14(20)11-6-2-3-8-13(11)18/h2-8,22H,9H2,1H3,(H,19,21)/t17-/m1/s1. The van der Waals surface area contributed by atoms with Crippen molar-refractivity contribution in [2.45, 2.75) is 18.9 Å². The van der Waals surface area contributed by atoms with Crippen LogP contribution < -0.4 is 5.32 Å². The second-order valence-electron chi connectivity index (χ2n) is 5.39. The summed E-state index contributed by atoms with van der Waals surface area (Å²) in [5.74, 6) is -0.963. The number of ketones is 1. The van der Waals surface area contributed by atoms with Gasteiger partial charge in [-0.2, -0.15) is 0 Å². The van der Waals surface area contributed by atoms with Gasteiger partial charge in [0, 0.05) is 11.1 Å². The molecule has 5 heteroatoms. The Morgan fingerprint density at radius 1 is 1.23 bits per heavy atom. The van der Waals surface area contributed by atoms with Crippen LogP contribution in [0, 0.1) is 6.92 Å². The summed E-state index contributed by atoms with van der Waals surface area (Å²) in [4.78, 5) is 24.7. The van der Waals surface area contributed by atoms with E-state index in [-0.39, 0.29) is 12.2 Å². The summed E-state index contributed by atoms with van der Waals surface area (Å²) in [6.07, 6.45) is -0.348. The number of aliphatic hydroxyl groups is 1. The van der Waals surface area contributed by atoms with Gasteiger partial charge in [0.1, 0.15) is 0 Å². The average Bonchev–Trinajstić information content (AvgIpc) is 2.73. The van der Waals surface area contributed by atoms with Gasteiger partial charge in [0.25, 0.3) is 5.91 Å². The largest absolute Gasteiger partial charge is 0.375 e. The average molecular weight is 316 g/mol. The van der Waals surface area contributed by atoms with E-state index < -0.39 is 11.5 Å². The van der Waals surface area contributed by atoms with Crippen LogP contribution in [0.25, 0.3) is 0 Å². The van der Waals surface area contributed by atoms with Crippen LogP contribution in [0.4, 0.5) is 5.69 Å². The van der Waals surface area contributed by atoms with E-state index in [9.17, 15) is 14.7 Å². The maximum atomic E-state index is 12.4. The molecule has 1 heterocycles. The van der Waals surface area contributed by atoms with Gasteiger partial charge in [0.2, 0.25) is 0 Å². The Labute approximate surface area is 132 Å². The van der Waals surface area contributed by atoms with E-state index in [2.05, 4.69) is 5.32 Å². The molecule has 4 nitrogen and oxygen atoms in total. The molecule has 112 valence electrons. The molecule has 3 rings (SSSR count). The van der Waals surface area contributed by atoms with E-state index in [0.29, 0.717) is 21.8 Å². The summed E-state index contributed by atoms with van der Waals surface area (Å²) in [5.41, 5.74) is 0.274. The van der Waals surface area contributed by atoms with E-state index in [1.54, 1.807) is 36.4 Å². The molecule has 0 aromatic heterocycles. The number of amides is 1. The van der Waals surface area contributed by atoms with Gasteiger partial charge in [-0.3, -0.25) is 9.59 Å². The fraction of sp³-hybridized carbons (Fsp3) is 0.176. The fourth-order valence-corrected chi connectivity index (χ4v) is 2.95. The molecule has 0 fully saturated rings. The maximum absolute atomic E-state index is 12.4. The van der Waals surface area contributed by atoms with Crippen molar-refractivity contribution in [1.29, 1.82) is 0 Å². The normalized spacial score (nSPS) is 19.7. The molecule has 0 aliphatic carbocycles. The first-order valence-electron chi connectivity index (χ1n) is 6.85. The summed E-state index contributed by atoms with van der Waals surface area (Å²) >= 11 is 6.01. The predicted octanol–water partition coefficient (Wildman–Crippen LogP) is 3.06. The molecule has 1 atom stereocenters. The van der Waals surface area contributed by atoms with Crippen molar-refractivity contribution in [3.8, 4) is 0 Å². The van der Waals surface area contributed by atoms with Gasteiger partial charge >= 0.3 is 0 Å². The molecule has 22 heavy (non-hydrogen) atoms. The van der Waals surface area contributed by atoms with E-state index >= 15 is 0 Å². The molecule has 1 aliphatic rings. The number of para-hydroxylation sites is 1. The molecule has 0 saturated heterocycles. The molecule has 1 aliphatic heterocycles. The molecule has 1 amide bonds. The van der Waals surface area contributed by atoms with E-state index in [0.717, 1.165) is 5.56 Å². The van der Waals surface area contributed by atoms with Gasteiger partial charge < -0.3 is 10.4 Å². The Bertz CT molecular complexity index is 787. The number of aryl methyl sites for hydroxylation is 1. The molecule has 2 N–H and O–H groups in total. The third-order valence-corrected chi connectivity index (χ3v) is 4.25. The summed E-state index contributed by atoms with van der Waals surface area (Å²) in [6, 6.07) is 11.8. The lowest BCUT2D eigenvalue weighted by molar-refractivity contribution is -0.133. The van der Waals surface area contributed by atoms with Crippen molar-refractivity contribution in [3.63, 3.8) is 0 Å². The zero-order valence-corrected chi connectivity index (χ0v) is 12.6. The van der Waals surface area contributed by atoms with Crippen molar-refractivity contribution in [2.24, 2.45) is 0 Å². The second-order valence-corrected chi connectivity index (χ2v) is 5.80. The molecular weight excluding hydrogens is 302 g/mol. The van der Waals surface area contributed by atoms with Gasteiger partial charge in [0.05, 0.1) is 17.1 Å². The van der Waals surface area contributed by atoms with E-state index in [1.807, 2.05) is 13.0 Å². The summed E-state index contributed by atoms with van der Waals surface area (Å²) in [6.45, 7) is 1.83. The van der Waals surface area contributed by atoms with Crippen molar-refractivity contribution < 1.29 is 14.7 Å². The minimum Gasteiger partial charge on any atom is -0.375 e. The van der Waals surface area contributed by atoms with Crippen molar-refractivity contribution in [3.05, 3.63) is 64.2 Å². The Kier molecular flexibility index (Phi) is 3.51. The first-order chi connectivity index (χ1) is 10.4. The van der Waals surface area contributed by atoms with Gasteiger partial charge in [-0.25, -0.2) is 0 Å². The highest BCUT2D eigenvalue weighted by atomic mass is 35.5. The molecule has 2 aromatic carbocycles. The van der Waals surface area contributed by atoms with Gasteiger partial charge in [0.15, 0.2) is 11.4 Å². The SMILES string of the molecule is Cc1cccc2c1NC(=O)[C@@]2(O)CC(=O)c1ccccc1Cl. The molecule has 2 aromatic rings. The number of anilines is 1. The van der Waals surface area contributed by atoms with Crippen LogP contribution in [0.5, 0.6) is 0 Å². The number of nitrogens with one attached hydrogen (secondary N) is 1. The molecule has 0 saturated carbocycles. The first-order valence-corrected chi connectivity index (χ1v) is 7.23. The number of hydrogen-bond acceptors (Lipinski definition) is 3. The third-order valence-electron chi connectivity index (χ3n) is 3.92. The number of benzene rings is 2. The highest BCUT2D eigenvalue weighted by Gasteiger charge is 2.47. The lowest BCUT2D eigenvalue weighted by Crippen LogP contribution is -2.36. The van der Waals surface area contributed by atoms with Crippen LogP contribution in [0.3, 0.4) is 0 Å². The van der Waals surface area contributed by atoms with Crippen LogP contribution >= 0.6 is 11.6 Å². The smallest absolute Gasteiger partial charge is 0.261 e. The van der Waals surface area contributed by atoms with Crippen LogP contribution in [0.1, 0.15) is 27.9 Å². The highest BCUT2D eigenvalue weighted by Crippen LogP contribution is 2.40. The van der Waals surface area contributed by atoms with Crippen molar-refractivity contribution >= 4 is 29.0 Å². The Morgan fingerprint density at radius 3 is 2.68 bits per heavy atom. The Morgan fingerprint density at radius 2 is 1.95 bits per heavy atom. The summed E-state index contributed by atoms with van der Waals surface area (Å²) in [7, 11) is 0. The Hall–Kier alpha value is -2.17. The lowest BCUT2D eigenvalue weighted by atomic mass is 9.87. The highest BCUT2D eigenvalue weighted by molar-refractivity contribution is 6.34. The number of hydrogen-bond donors (Lipinski definition) is 2. The molecule has 0 spiro atoms. The van der Waals surface area contributed by atoms with Crippen LogP contribution in [0.15, 0.2) is 42.5 Å². The zero-order chi connectivity index (χ0) is 15.9. The van der Waals surface area contributed by atoms with E-state index in [4.69, 9.17) is 11.6 Å². The van der Waals surface area contributed by atoms with Gasteiger partial charge in [-0.05, 0) is 24.6 Å². The molecule has 0 unspecified atom stereocenters. The summed E-state index contributed by atoms with van der Waals surface area (Å²) in [5, 5.41) is 13.7. The topological polar surface area (TPSA) is 66.4 Å². The fourth-order valence-electron chi connectivity index (χ4n) is 2.71. The molecule has 0 bridgehead atoms. The van der Waals surface area contributed by atoms with Crippen molar-refractivity contribution in [1.82, 2.24) is 0 Å². The third kappa shape index (κ3) is 2.21. The lowest BCUT2D eigenvalue weighted by Gasteiger charge is -2.20. The first kappa shape index (κ1) is 14.8. The van der Waals surface area contributed by atoms with Crippen molar-refractivity contribution in [2.75, 3.05) is 5.32 Å². The monoisotopic (exact) mass is 315 g/mol. The number of carbonyl (C=O) groups is 2. The van der Waals surface area contributed by atoms with E-state index in [1.165, 1.54) is 0 Å². The molecular formula is C17H14ClNO3. The minimum absolute atomic E-state index is 0.298. The second kappa shape index (κ2) is 5.23. The van der Waals surface area contributed by atoms with Crippen LogP contribution in [-0.2, 0) is 10.4 Å². The number of rotatable bonds is 3. The van der Waals surface area contributed by atoms with Gasteiger partial charge in [-0.1, -0.05) is 41.9 Å². The number of fused-ring (bicyclic) bond motifs is 1. The Balaban J connectivity index is 1.99. The maximum Gasteiger partial charge on any atom is 0.261 e. The minimum atomic E-state index is -1.86. The number of Topliss-reactive ketones (excluding diaryl/α,β-unsaturated/α-hetero) is 1. The predicted molar refractivity (Wildman–Crippen MR) is 84.1 cm³/mol. The summed E-state index contributed by atoms with van der Waals surface area (Å²) < 4.78 is 0. The van der Waals surface area contributed by atoms with Crippen LogP contribution in [0.2, 0.25) is 5.02 Å². The quantitative estimate of drug-likeness (QED) is 0.855. The zero-order valence-electron chi connectivity index (χ0n) is 11.9.